The van der Waals surface area contributed by atoms with Gasteiger partial charge in [-0.2, -0.15) is 0 Å². The SMILES string of the molecule is COc1ccc(N)c(NCC(C)S(C)=O)c1. The number of nitrogens with two attached hydrogens (primary N) is 1. The monoisotopic (exact) mass is 242 g/mol. The number of hydrogen-bond donors (Lipinski definition) is 2. The Bertz CT molecular complexity index is 382. The molecule has 0 spiro atoms. The average Bonchev–Trinajstić information content (AvgIpc) is 2.27. The Morgan fingerprint density at radius 1 is 1.56 bits per heavy atom. The second-order valence-electron chi connectivity index (χ2n) is 3.64. The Kier molecular flexibility index (Phi) is 4.61. The van der Waals surface area contributed by atoms with Crippen LogP contribution in [0.4, 0.5) is 11.4 Å². The summed E-state index contributed by atoms with van der Waals surface area (Å²) in [7, 11) is 0.778. The van der Waals surface area contributed by atoms with Gasteiger partial charge in [0.15, 0.2) is 0 Å². The van der Waals surface area contributed by atoms with E-state index < -0.39 is 10.8 Å². The van der Waals surface area contributed by atoms with Crippen LogP contribution in [0.1, 0.15) is 6.92 Å². The van der Waals surface area contributed by atoms with Crippen LogP contribution in [0.3, 0.4) is 0 Å². The molecule has 0 aromatic heterocycles. The molecular formula is C11H18N2O2S. The fourth-order valence-corrected chi connectivity index (χ4v) is 1.50. The van der Waals surface area contributed by atoms with E-state index in [1.165, 1.54) is 0 Å². The van der Waals surface area contributed by atoms with E-state index in [2.05, 4.69) is 5.32 Å². The molecule has 0 saturated carbocycles. The van der Waals surface area contributed by atoms with Crippen molar-refractivity contribution in [3.8, 4) is 5.75 Å². The number of nitrogen functional groups attached to an aromatic ring is 1. The van der Waals surface area contributed by atoms with Crippen molar-refractivity contribution in [2.24, 2.45) is 0 Å². The molecule has 1 aromatic rings. The highest BCUT2D eigenvalue weighted by Gasteiger charge is 2.07. The van der Waals surface area contributed by atoms with Gasteiger partial charge in [-0.1, -0.05) is 0 Å². The van der Waals surface area contributed by atoms with Gasteiger partial charge in [0.1, 0.15) is 5.75 Å². The van der Waals surface area contributed by atoms with Crippen molar-refractivity contribution in [2.75, 3.05) is 31.0 Å². The van der Waals surface area contributed by atoms with Gasteiger partial charge >= 0.3 is 0 Å². The molecule has 0 aliphatic rings. The molecule has 0 radical (unpaired) electrons. The third-order valence-corrected chi connectivity index (χ3v) is 3.71. The summed E-state index contributed by atoms with van der Waals surface area (Å²) in [6.07, 6.45) is 1.70. The lowest BCUT2D eigenvalue weighted by Gasteiger charge is -2.13. The zero-order valence-corrected chi connectivity index (χ0v) is 10.6. The van der Waals surface area contributed by atoms with Gasteiger partial charge in [-0.15, -0.1) is 0 Å². The Labute approximate surface area is 98.6 Å². The molecule has 0 amide bonds. The lowest BCUT2D eigenvalue weighted by Crippen LogP contribution is -2.21. The van der Waals surface area contributed by atoms with E-state index in [9.17, 15) is 4.21 Å². The lowest BCUT2D eigenvalue weighted by molar-refractivity contribution is 0.415. The molecule has 1 rings (SSSR count). The van der Waals surface area contributed by atoms with Crippen molar-refractivity contribution in [1.82, 2.24) is 0 Å². The fourth-order valence-electron chi connectivity index (χ4n) is 1.19. The van der Waals surface area contributed by atoms with E-state index in [0.717, 1.165) is 11.4 Å². The Morgan fingerprint density at radius 2 is 2.25 bits per heavy atom. The predicted octanol–water partition coefficient (Wildman–Crippen LogP) is 1.46. The van der Waals surface area contributed by atoms with E-state index in [4.69, 9.17) is 10.5 Å². The smallest absolute Gasteiger partial charge is 0.121 e. The molecule has 0 saturated heterocycles. The van der Waals surface area contributed by atoms with Crippen molar-refractivity contribution < 1.29 is 8.95 Å². The number of rotatable bonds is 5. The number of benzene rings is 1. The Morgan fingerprint density at radius 3 is 2.81 bits per heavy atom. The quantitative estimate of drug-likeness (QED) is 0.767. The van der Waals surface area contributed by atoms with E-state index in [1.54, 1.807) is 19.4 Å². The van der Waals surface area contributed by atoms with Gasteiger partial charge in [-0.25, -0.2) is 0 Å². The predicted molar refractivity (Wildman–Crippen MR) is 69.4 cm³/mol. The molecule has 2 atom stereocenters. The van der Waals surface area contributed by atoms with Gasteiger partial charge in [0, 0.05) is 34.9 Å². The van der Waals surface area contributed by atoms with Crippen LogP contribution in [-0.2, 0) is 10.8 Å². The maximum atomic E-state index is 11.2. The normalized spacial score (nSPS) is 14.2. The highest BCUT2D eigenvalue weighted by atomic mass is 32.2. The van der Waals surface area contributed by atoms with Crippen LogP contribution in [0.5, 0.6) is 5.75 Å². The summed E-state index contributed by atoms with van der Waals surface area (Å²) in [5.41, 5.74) is 7.29. The molecule has 0 aliphatic heterocycles. The van der Waals surface area contributed by atoms with Crippen LogP contribution in [0.15, 0.2) is 18.2 Å². The van der Waals surface area contributed by atoms with Gasteiger partial charge in [0.05, 0.1) is 18.5 Å². The third kappa shape index (κ3) is 3.41. The van der Waals surface area contributed by atoms with Crippen LogP contribution < -0.4 is 15.8 Å². The summed E-state index contributed by atoms with van der Waals surface area (Å²) in [6.45, 7) is 2.56. The summed E-state index contributed by atoms with van der Waals surface area (Å²) >= 11 is 0. The number of hydrogen-bond acceptors (Lipinski definition) is 4. The van der Waals surface area contributed by atoms with Gasteiger partial charge in [0.25, 0.3) is 0 Å². The minimum Gasteiger partial charge on any atom is -0.497 e. The van der Waals surface area contributed by atoms with Crippen molar-refractivity contribution in [3.05, 3.63) is 18.2 Å². The van der Waals surface area contributed by atoms with Gasteiger partial charge in [-0.3, -0.25) is 4.21 Å². The first-order valence-corrected chi connectivity index (χ1v) is 6.66. The zero-order valence-electron chi connectivity index (χ0n) is 9.82. The van der Waals surface area contributed by atoms with Crippen molar-refractivity contribution in [2.45, 2.75) is 12.2 Å². The number of methoxy groups -OCH3 is 1. The van der Waals surface area contributed by atoms with Gasteiger partial charge in [0.2, 0.25) is 0 Å². The molecule has 4 nitrogen and oxygen atoms in total. The van der Waals surface area contributed by atoms with Crippen LogP contribution in [0.25, 0.3) is 0 Å². The summed E-state index contributed by atoms with van der Waals surface area (Å²) in [4.78, 5) is 0. The number of anilines is 2. The zero-order chi connectivity index (χ0) is 12.1. The maximum absolute atomic E-state index is 11.2. The second-order valence-corrected chi connectivity index (χ2v) is 5.45. The third-order valence-electron chi connectivity index (χ3n) is 2.41. The Hall–Kier alpha value is -1.23. The van der Waals surface area contributed by atoms with Crippen LogP contribution in [0.2, 0.25) is 0 Å². The summed E-state index contributed by atoms with van der Waals surface area (Å²) in [5, 5.41) is 3.26. The summed E-state index contributed by atoms with van der Waals surface area (Å²) in [6, 6.07) is 5.43. The summed E-state index contributed by atoms with van der Waals surface area (Å²) < 4.78 is 16.3. The number of ether oxygens (including phenoxy) is 1. The molecular weight excluding hydrogens is 224 g/mol. The molecule has 0 heterocycles. The molecule has 3 N–H and O–H groups in total. The van der Waals surface area contributed by atoms with E-state index in [-0.39, 0.29) is 5.25 Å². The first-order valence-electron chi connectivity index (χ1n) is 5.04. The van der Waals surface area contributed by atoms with Gasteiger partial charge < -0.3 is 15.8 Å². The van der Waals surface area contributed by atoms with Crippen LogP contribution >= 0.6 is 0 Å². The lowest BCUT2D eigenvalue weighted by atomic mass is 10.2. The summed E-state index contributed by atoms with van der Waals surface area (Å²) in [5.74, 6) is 0.752. The van der Waals surface area contributed by atoms with Crippen molar-refractivity contribution >= 4 is 22.2 Å². The van der Waals surface area contributed by atoms with E-state index in [0.29, 0.717) is 12.2 Å². The number of nitrogens with one attached hydrogen (secondary N) is 1. The van der Waals surface area contributed by atoms with Gasteiger partial charge in [-0.05, 0) is 19.1 Å². The molecule has 2 unspecified atom stereocenters. The average molecular weight is 242 g/mol. The molecule has 0 fully saturated rings. The topological polar surface area (TPSA) is 64.3 Å². The van der Waals surface area contributed by atoms with Crippen LogP contribution in [0, 0.1) is 0 Å². The van der Waals surface area contributed by atoms with Crippen molar-refractivity contribution in [3.63, 3.8) is 0 Å². The minimum absolute atomic E-state index is 0.0885. The molecule has 1 aromatic carbocycles. The highest BCUT2D eigenvalue weighted by molar-refractivity contribution is 7.84. The first kappa shape index (κ1) is 12.8. The molecule has 16 heavy (non-hydrogen) atoms. The molecule has 0 bridgehead atoms. The fraction of sp³-hybridized carbons (Fsp3) is 0.455. The van der Waals surface area contributed by atoms with E-state index >= 15 is 0 Å². The maximum Gasteiger partial charge on any atom is 0.121 e. The van der Waals surface area contributed by atoms with E-state index in [1.807, 2.05) is 19.1 Å². The molecule has 0 aliphatic carbocycles. The largest absolute Gasteiger partial charge is 0.497 e. The Balaban J connectivity index is 2.69. The van der Waals surface area contributed by atoms with Crippen molar-refractivity contribution in [1.29, 1.82) is 0 Å². The second kappa shape index (κ2) is 5.75. The minimum atomic E-state index is -0.832. The van der Waals surface area contributed by atoms with Crippen LogP contribution in [-0.4, -0.2) is 29.4 Å². The molecule has 5 heteroatoms. The molecule has 90 valence electrons. The highest BCUT2D eigenvalue weighted by Crippen LogP contribution is 2.24. The standard InChI is InChI=1S/C11H18N2O2S/c1-8(16(3)14)7-13-11-6-9(15-2)4-5-10(11)12/h4-6,8,13H,7,12H2,1-3H3. The first-order chi connectivity index (χ1) is 7.54.